The van der Waals surface area contributed by atoms with Crippen molar-refractivity contribution < 1.29 is 23.8 Å². The Hall–Kier alpha value is -2.66. The molecule has 0 spiro atoms. The molecule has 2 aromatic rings. The van der Waals surface area contributed by atoms with Gasteiger partial charge in [0.05, 0.1) is 13.5 Å². The molecule has 0 unspecified atom stereocenters. The van der Waals surface area contributed by atoms with Crippen molar-refractivity contribution in [2.24, 2.45) is 0 Å². The van der Waals surface area contributed by atoms with Crippen LogP contribution in [0.4, 0.5) is 10.6 Å². The Morgan fingerprint density at radius 1 is 1.34 bits per heavy atom. The Labute approximate surface area is 190 Å². The molecule has 11 heteroatoms. The van der Waals surface area contributed by atoms with Crippen LogP contribution in [-0.2, 0) is 20.7 Å². The lowest BCUT2D eigenvalue weighted by atomic mass is 9.93. The number of methoxy groups -OCH3 is 1. The number of aromatic amines is 1. The molecule has 0 bridgehead atoms. The van der Waals surface area contributed by atoms with E-state index in [9.17, 15) is 9.59 Å². The van der Waals surface area contributed by atoms with E-state index in [1.54, 1.807) is 13.3 Å². The summed E-state index contributed by atoms with van der Waals surface area (Å²) < 4.78 is 16.1. The number of nitrogens with one attached hydrogen (secondary N) is 3. The van der Waals surface area contributed by atoms with Crippen molar-refractivity contribution >= 4 is 29.2 Å². The number of ether oxygens (including phenoxy) is 3. The highest BCUT2D eigenvalue weighted by molar-refractivity contribution is 7.13. The molecule has 2 aliphatic rings. The average molecular weight is 464 g/mol. The Morgan fingerprint density at radius 2 is 2.16 bits per heavy atom. The van der Waals surface area contributed by atoms with Crippen LogP contribution >= 0.6 is 11.3 Å². The van der Waals surface area contributed by atoms with E-state index in [4.69, 9.17) is 14.2 Å². The van der Waals surface area contributed by atoms with Gasteiger partial charge in [-0.25, -0.2) is 9.78 Å². The number of anilines is 1. The van der Waals surface area contributed by atoms with Gasteiger partial charge in [0.25, 0.3) is 5.19 Å². The molecule has 2 fully saturated rings. The van der Waals surface area contributed by atoms with E-state index in [2.05, 4.69) is 25.8 Å². The summed E-state index contributed by atoms with van der Waals surface area (Å²) >= 11 is 1.34. The molecule has 0 radical (unpaired) electrons. The largest absolute Gasteiger partial charge is 0.473 e. The van der Waals surface area contributed by atoms with Gasteiger partial charge in [-0.3, -0.25) is 9.89 Å². The lowest BCUT2D eigenvalue weighted by molar-refractivity contribution is -0.115. The van der Waals surface area contributed by atoms with Crippen molar-refractivity contribution in [1.29, 1.82) is 0 Å². The Balaban J connectivity index is 1.24. The number of carbonyl (C=O) groups excluding carboxylic acids is 2. The number of aromatic nitrogens is 3. The van der Waals surface area contributed by atoms with Gasteiger partial charge in [0.15, 0.2) is 5.82 Å². The molecule has 1 aliphatic carbocycles. The number of H-pyrrole nitrogens is 1. The van der Waals surface area contributed by atoms with E-state index < -0.39 is 0 Å². The standard InChI is InChI=1S/C21H29N5O5S/c1-21(5-7-30-8-6-21)24-19(28)31-14-4-3-13(9-14)16-11-17(26-25-16)23-18(27)10-15-12-22-20(29-2)32-15/h11-14H,3-10H2,1-2H3,(H,24,28)(H2,23,25,26,27)/t13-,14+/m0/s1. The van der Waals surface area contributed by atoms with E-state index in [0.29, 0.717) is 24.2 Å². The van der Waals surface area contributed by atoms with Crippen LogP contribution in [0.15, 0.2) is 12.3 Å². The van der Waals surface area contributed by atoms with Gasteiger partial charge < -0.3 is 24.8 Å². The van der Waals surface area contributed by atoms with E-state index >= 15 is 0 Å². The van der Waals surface area contributed by atoms with Gasteiger partial charge in [0.1, 0.15) is 6.10 Å². The third kappa shape index (κ3) is 5.77. The highest BCUT2D eigenvalue weighted by Gasteiger charge is 2.33. The molecule has 174 valence electrons. The van der Waals surface area contributed by atoms with Crippen molar-refractivity contribution in [3.8, 4) is 5.19 Å². The topological polar surface area (TPSA) is 127 Å². The predicted molar refractivity (Wildman–Crippen MR) is 118 cm³/mol. The molecule has 2 amide bonds. The van der Waals surface area contributed by atoms with Crippen molar-refractivity contribution in [2.45, 2.75) is 63.0 Å². The maximum Gasteiger partial charge on any atom is 0.407 e. The molecule has 4 rings (SSSR count). The number of alkyl carbamates (subject to hydrolysis) is 1. The predicted octanol–water partition coefficient (Wildman–Crippen LogP) is 2.99. The van der Waals surface area contributed by atoms with Crippen LogP contribution in [-0.4, -0.2) is 59.1 Å². The smallest absolute Gasteiger partial charge is 0.407 e. The zero-order chi connectivity index (χ0) is 22.6. The van der Waals surface area contributed by atoms with Gasteiger partial charge in [0, 0.05) is 47.5 Å². The van der Waals surface area contributed by atoms with Crippen LogP contribution in [0.5, 0.6) is 5.19 Å². The zero-order valence-corrected chi connectivity index (χ0v) is 19.1. The van der Waals surface area contributed by atoms with E-state index in [1.165, 1.54) is 11.3 Å². The fraction of sp³-hybridized carbons (Fsp3) is 0.619. The van der Waals surface area contributed by atoms with Gasteiger partial charge in [-0.05, 0) is 39.0 Å². The van der Waals surface area contributed by atoms with Crippen molar-refractivity contribution in [2.75, 3.05) is 25.6 Å². The minimum atomic E-state index is -0.364. The molecule has 3 N–H and O–H groups in total. The van der Waals surface area contributed by atoms with Crippen LogP contribution in [0.1, 0.15) is 55.5 Å². The van der Waals surface area contributed by atoms with Crippen LogP contribution in [0, 0.1) is 0 Å². The van der Waals surface area contributed by atoms with Crippen LogP contribution in [0.25, 0.3) is 0 Å². The summed E-state index contributed by atoms with van der Waals surface area (Å²) in [6, 6.07) is 1.85. The Kier molecular flexibility index (Phi) is 6.95. The summed E-state index contributed by atoms with van der Waals surface area (Å²) in [6.45, 7) is 3.33. The van der Waals surface area contributed by atoms with Gasteiger partial charge in [0.2, 0.25) is 5.91 Å². The van der Waals surface area contributed by atoms with Gasteiger partial charge in [-0.1, -0.05) is 11.3 Å². The molecule has 1 saturated carbocycles. The molecule has 32 heavy (non-hydrogen) atoms. The molecular formula is C21H29N5O5S. The third-order valence-electron chi connectivity index (χ3n) is 6.01. The molecule has 2 atom stereocenters. The maximum atomic E-state index is 12.4. The number of rotatable bonds is 7. The van der Waals surface area contributed by atoms with Gasteiger partial charge >= 0.3 is 6.09 Å². The maximum absolute atomic E-state index is 12.4. The first-order valence-corrected chi connectivity index (χ1v) is 11.6. The normalized spacial score (nSPS) is 22.3. The van der Waals surface area contributed by atoms with Gasteiger partial charge in [-0.2, -0.15) is 5.10 Å². The molecule has 1 aliphatic heterocycles. The SMILES string of the molecule is COc1ncc(CC(=O)Nc2cc([C@H]3CC[C@@H](OC(=O)NC4(C)CCOCC4)C3)[nH]n2)s1. The highest BCUT2D eigenvalue weighted by atomic mass is 32.1. The summed E-state index contributed by atoms with van der Waals surface area (Å²) in [5, 5.41) is 13.6. The summed E-state index contributed by atoms with van der Waals surface area (Å²) in [4.78, 5) is 29.5. The first-order chi connectivity index (χ1) is 15.4. The van der Waals surface area contributed by atoms with Crippen molar-refractivity contribution in [1.82, 2.24) is 20.5 Å². The van der Waals surface area contributed by atoms with Crippen LogP contribution in [0.2, 0.25) is 0 Å². The number of nitrogens with zero attached hydrogens (tertiary/aromatic N) is 2. The first kappa shape index (κ1) is 22.5. The minimum absolute atomic E-state index is 0.133. The summed E-state index contributed by atoms with van der Waals surface area (Å²) in [6.07, 6.45) is 5.33. The first-order valence-electron chi connectivity index (χ1n) is 10.8. The fourth-order valence-electron chi connectivity index (χ4n) is 4.12. The zero-order valence-electron chi connectivity index (χ0n) is 18.3. The molecule has 0 aromatic carbocycles. The van der Waals surface area contributed by atoms with Crippen molar-refractivity contribution in [3.05, 3.63) is 22.8 Å². The van der Waals surface area contributed by atoms with Gasteiger partial charge in [-0.15, -0.1) is 0 Å². The number of thiazole rings is 1. The summed E-state index contributed by atoms with van der Waals surface area (Å²) in [7, 11) is 1.55. The molecular weight excluding hydrogens is 434 g/mol. The molecule has 2 aromatic heterocycles. The second kappa shape index (κ2) is 9.86. The number of carbonyl (C=O) groups is 2. The summed E-state index contributed by atoms with van der Waals surface area (Å²) in [5.41, 5.74) is 0.663. The monoisotopic (exact) mass is 463 g/mol. The van der Waals surface area contributed by atoms with E-state index in [-0.39, 0.29) is 36.0 Å². The van der Waals surface area contributed by atoms with E-state index in [1.807, 2.05) is 13.0 Å². The fourth-order valence-corrected chi connectivity index (χ4v) is 4.85. The van der Waals surface area contributed by atoms with E-state index in [0.717, 1.165) is 42.7 Å². The molecule has 1 saturated heterocycles. The number of amides is 2. The van der Waals surface area contributed by atoms with Crippen LogP contribution in [0.3, 0.4) is 0 Å². The average Bonchev–Trinajstić information content (AvgIpc) is 3.49. The number of hydrogen-bond acceptors (Lipinski definition) is 8. The van der Waals surface area contributed by atoms with Crippen LogP contribution < -0.4 is 15.4 Å². The lowest BCUT2D eigenvalue weighted by Crippen LogP contribution is -2.50. The third-order valence-corrected chi connectivity index (χ3v) is 6.96. The summed E-state index contributed by atoms with van der Waals surface area (Å²) in [5.74, 6) is 0.520. The van der Waals surface area contributed by atoms with Crippen molar-refractivity contribution in [3.63, 3.8) is 0 Å². The highest BCUT2D eigenvalue weighted by Crippen LogP contribution is 2.36. The Bertz CT molecular complexity index is 939. The minimum Gasteiger partial charge on any atom is -0.473 e. The Morgan fingerprint density at radius 3 is 2.91 bits per heavy atom. The second-order valence-corrected chi connectivity index (χ2v) is 9.64. The quantitative estimate of drug-likeness (QED) is 0.576. The molecule has 10 nitrogen and oxygen atoms in total. The lowest BCUT2D eigenvalue weighted by Gasteiger charge is -2.34. The molecule has 3 heterocycles. The number of hydrogen-bond donors (Lipinski definition) is 3. The second-order valence-electron chi connectivity index (χ2n) is 8.57.